The second-order valence-corrected chi connectivity index (χ2v) is 8.15. The van der Waals surface area contributed by atoms with Crippen molar-refractivity contribution < 1.29 is 17.6 Å². The van der Waals surface area contributed by atoms with Gasteiger partial charge in [0, 0.05) is 12.5 Å². The summed E-state index contributed by atoms with van der Waals surface area (Å²) in [5, 5.41) is 15.7. The second-order valence-electron chi connectivity index (χ2n) is 8.15. The van der Waals surface area contributed by atoms with Crippen molar-refractivity contribution in [3.05, 3.63) is 17.7 Å². The van der Waals surface area contributed by atoms with Gasteiger partial charge in [0.25, 0.3) is 0 Å². The molecule has 13 heteroatoms. The number of hydrogen-bond acceptors (Lipinski definition) is 7. The lowest BCUT2D eigenvalue weighted by atomic mass is 9.96. The quantitative estimate of drug-likeness (QED) is 0.605. The highest BCUT2D eigenvalue weighted by atomic mass is 19.3. The number of anilines is 1. The number of hydrogen-bond donors (Lipinski definition) is 0. The largest absolute Gasteiger partial charge is 0.342 e. The zero-order valence-electron chi connectivity index (χ0n) is 16.2. The summed E-state index contributed by atoms with van der Waals surface area (Å²) in [5.74, 6) is -8.10. The third kappa shape index (κ3) is 3.17. The molecule has 4 heterocycles. The molecule has 29 heavy (non-hydrogen) atoms. The molecular weight excluding hydrogens is 394 g/mol. The van der Waals surface area contributed by atoms with Crippen LogP contribution >= 0.6 is 0 Å². The molecule has 0 atom stereocenters. The molecule has 0 N–H and O–H groups in total. The van der Waals surface area contributed by atoms with E-state index in [-0.39, 0.29) is 23.5 Å². The van der Waals surface area contributed by atoms with Crippen molar-refractivity contribution in [2.75, 3.05) is 18.0 Å². The van der Waals surface area contributed by atoms with Gasteiger partial charge in [0.05, 0.1) is 31.5 Å². The fraction of sp³-hybridized carbons (Fsp3) is 0.625. The molecular formula is C16H19F4N9. The van der Waals surface area contributed by atoms with Gasteiger partial charge in [-0.05, 0) is 0 Å². The van der Waals surface area contributed by atoms with Crippen LogP contribution in [0.25, 0.3) is 11.2 Å². The normalized spacial score (nSPS) is 18.7. The molecule has 0 amide bonds. The van der Waals surface area contributed by atoms with Gasteiger partial charge in [-0.25, -0.2) is 14.6 Å². The van der Waals surface area contributed by atoms with E-state index in [2.05, 4.69) is 30.6 Å². The van der Waals surface area contributed by atoms with Crippen LogP contribution < -0.4 is 4.90 Å². The van der Waals surface area contributed by atoms with Crippen molar-refractivity contribution >= 4 is 17.0 Å². The molecule has 0 saturated carbocycles. The van der Waals surface area contributed by atoms with Gasteiger partial charge in [-0.15, -0.1) is 10.2 Å². The molecule has 0 spiro atoms. The van der Waals surface area contributed by atoms with Crippen molar-refractivity contribution in [2.45, 2.75) is 44.6 Å². The first-order valence-corrected chi connectivity index (χ1v) is 8.85. The van der Waals surface area contributed by atoms with E-state index in [9.17, 15) is 17.6 Å². The standard InChI is InChI=1S/C16H19F4N9/c1-14(2,3)13-22-11(28-7-15(17,18)16(19,20)8-28)10-12(23-13)29(26-24-10)6-9-5-21-25-27(9)4/h5H,6-8H2,1-4H3. The minimum atomic E-state index is -4.16. The molecule has 0 aliphatic carbocycles. The molecule has 4 rings (SSSR count). The van der Waals surface area contributed by atoms with Crippen LogP contribution in [0.5, 0.6) is 0 Å². The Morgan fingerprint density at radius 1 is 1.03 bits per heavy atom. The van der Waals surface area contributed by atoms with Gasteiger partial charge in [-0.2, -0.15) is 17.6 Å². The van der Waals surface area contributed by atoms with Gasteiger partial charge in [0.2, 0.25) is 0 Å². The van der Waals surface area contributed by atoms with Crippen LogP contribution in [0, 0.1) is 0 Å². The molecule has 0 aromatic carbocycles. The Bertz CT molecular complexity index is 1050. The summed E-state index contributed by atoms with van der Waals surface area (Å²) >= 11 is 0. The van der Waals surface area contributed by atoms with Gasteiger partial charge < -0.3 is 4.90 Å². The molecule has 3 aromatic rings. The second kappa shape index (κ2) is 6.07. The number of aromatic nitrogens is 8. The van der Waals surface area contributed by atoms with Crippen LogP contribution in [0.4, 0.5) is 23.4 Å². The fourth-order valence-corrected chi connectivity index (χ4v) is 3.03. The Labute approximate surface area is 162 Å². The highest BCUT2D eigenvalue weighted by Crippen LogP contribution is 2.43. The summed E-state index contributed by atoms with van der Waals surface area (Å²) in [6.07, 6.45) is 1.54. The van der Waals surface area contributed by atoms with Crippen molar-refractivity contribution in [3.63, 3.8) is 0 Å². The Kier molecular flexibility index (Phi) is 4.07. The van der Waals surface area contributed by atoms with Gasteiger partial charge in [-0.1, -0.05) is 31.2 Å². The monoisotopic (exact) mass is 413 g/mol. The Hall–Kier alpha value is -2.86. The summed E-state index contributed by atoms with van der Waals surface area (Å²) in [7, 11) is 1.71. The molecule has 1 aliphatic heterocycles. The van der Waals surface area contributed by atoms with Crippen LogP contribution in [-0.2, 0) is 19.0 Å². The summed E-state index contributed by atoms with van der Waals surface area (Å²) in [5.41, 5.74) is 0.492. The molecule has 0 bridgehead atoms. The van der Waals surface area contributed by atoms with Gasteiger partial charge in [0.1, 0.15) is 5.82 Å². The van der Waals surface area contributed by atoms with E-state index < -0.39 is 30.3 Å². The topological polar surface area (TPSA) is 90.4 Å². The number of alkyl halides is 4. The maximum atomic E-state index is 13.8. The molecule has 0 unspecified atom stereocenters. The molecule has 0 radical (unpaired) electrons. The first-order valence-electron chi connectivity index (χ1n) is 8.85. The molecule has 9 nitrogen and oxygen atoms in total. The lowest BCUT2D eigenvalue weighted by Crippen LogP contribution is -2.38. The molecule has 156 valence electrons. The van der Waals surface area contributed by atoms with Gasteiger partial charge >= 0.3 is 11.8 Å². The van der Waals surface area contributed by atoms with Crippen LogP contribution in [-0.4, -0.2) is 64.9 Å². The molecule has 3 aromatic heterocycles. The minimum absolute atomic E-state index is 0.0776. The SMILES string of the molecule is Cn1nncc1Cn1nnc2c(N3CC(F)(F)C(F)(F)C3)nc(C(C)(C)C)nc21. The van der Waals surface area contributed by atoms with Crippen LogP contribution in [0.3, 0.4) is 0 Å². The van der Waals surface area contributed by atoms with Crippen molar-refractivity contribution in [3.8, 4) is 0 Å². The zero-order valence-corrected chi connectivity index (χ0v) is 16.2. The number of halogens is 4. The average Bonchev–Trinajstić information content (AvgIpc) is 3.24. The van der Waals surface area contributed by atoms with E-state index >= 15 is 0 Å². The maximum Gasteiger partial charge on any atom is 0.329 e. The van der Waals surface area contributed by atoms with E-state index in [1.807, 2.05) is 20.8 Å². The number of rotatable bonds is 3. The van der Waals surface area contributed by atoms with E-state index in [4.69, 9.17) is 0 Å². The van der Waals surface area contributed by atoms with Crippen molar-refractivity contribution in [1.29, 1.82) is 0 Å². The molecule has 1 aliphatic rings. The first kappa shape index (κ1) is 19.5. The number of fused-ring (bicyclic) bond motifs is 1. The Morgan fingerprint density at radius 2 is 1.69 bits per heavy atom. The van der Waals surface area contributed by atoms with Gasteiger partial charge in [-0.3, -0.25) is 4.68 Å². The third-order valence-electron chi connectivity index (χ3n) is 4.75. The first-order chi connectivity index (χ1) is 13.4. The highest BCUT2D eigenvalue weighted by molar-refractivity contribution is 5.83. The summed E-state index contributed by atoms with van der Waals surface area (Å²) in [6.45, 7) is 3.41. The smallest absolute Gasteiger partial charge is 0.329 e. The molecule has 1 saturated heterocycles. The van der Waals surface area contributed by atoms with Crippen LogP contribution in [0.2, 0.25) is 0 Å². The lowest BCUT2D eigenvalue weighted by molar-refractivity contribution is -0.172. The number of nitrogens with zero attached hydrogens (tertiary/aromatic N) is 9. The van der Waals surface area contributed by atoms with Crippen molar-refractivity contribution in [2.24, 2.45) is 7.05 Å². The lowest BCUT2D eigenvalue weighted by Gasteiger charge is -2.21. The van der Waals surface area contributed by atoms with Crippen LogP contribution in [0.15, 0.2) is 6.20 Å². The minimum Gasteiger partial charge on any atom is -0.342 e. The fourth-order valence-electron chi connectivity index (χ4n) is 3.03. The molecule has 1 fully saturated rings. The number of aryl methyl sites for hydroxylation is 1. The summed E-state index contributed by atoms with van der Waals surface area (Å²) in [6, 6.07) is 0. The summed E-state index contributed by atoms with van der Waals surface area (Å²) < 4.78 is 58.2. The predicted molar refractivity (Wildman–Crippen MR) is 94.0 cm³/mol. The Balaban J connectivity index is 1.85. The van der Waals surface area contributed by atoms with E-state index in [0.29, 0.717) is 11.5 Å². The van der Waals surface area contributed by atoms with E-state index in [0.717, 1.165) is 4.90 Å². The Morgan fingerprint density at radius 3 is 2.24 bits per heavy atom. The average molecular weight is 413 g/mol. The van der Waals surface area contributed by atoms with Gasteiger partial charge in [0.15, 0.2) is 17.0 Å². The highest BCUT2D eigenvalue weighted by Gasteiger charge is 2.63. The van der Waals surface area contributed by atoms with E-state index in [1.54, 1.807) is 17.9 Å². The summed E-state index contributed by atoms with van der Waals surface area (Å²) in [4.78, 5) is 9.66. The van der Waals surface area contributed by atoms with Crippen LogP contribution in [0.1, 0.15) is 32.3 Å². The van der Waals surface area contributed by atoms with E-state index in [1.165, 1.54) is 4.68 Å². The predicted octanol–water partition coefficient (Wildman–Crippen LogP) is 1.79. The third-order valence-corrected chi connectivity index (χ3v) is 4.75. The zero-order chi connectivity index (χ0) is 21.2. The van der Waals surface area contributed by atoms with Crippen molar-refractivity contribution in [1.82, 2.24) is 40.0 Å². The maximum absolute atomic E-state index is 13.8.